The molecule has 1 aromatic rings. The van der Waals surface area contributed by atoms with E-state index in [1.807, 2.05) is 0 Å². The Balaban J connectivity index is 2.72. The number of rotatable bonds is 7. The van der Waals surface area contributed by atoms with E-state index in [0.717, 1.165) is 0 Å². The number of sulfone groups is 1. The van der Waals surface area contributed by atoms with Crippen LogP contribution in [0.1, 0.15) is 0 Å². The number of ether oxygens (including phenoxy) is 2. The number of hydrogen-bond acceptors (Lipinski definition) is 6. The third kappa shape index (κ3) is 5.06. The first-order valence-electron chi connectivity index (χ1n) is 5.80. The predicted molar refractivity (Wildman–Crippen MR) is 76.6 cm³/mol. The highest BCUT2D eigenvalue weighted by molar-refractivity contribution is 7.92. The maximum Gasteiger partial charge on any atom is 0.239 e. The van der Waals surface area contributed by atoms with Crippen molar-refractivity contribution in [3.05, 3.63) is 18.2 Å². The molecule has 1 amide bonds. The summed E-state index contributed by atoms with van der Waals surface area (Å²) in [6.45, 7) is 0.0564. The highest BCUT2D eigenvalue weighted by Crippen LogP contribution is 2.26. The van der Waals surface area contributed by atoms with Crippen molar-refractivity contribution in [2.45, 2.75) is 0 Å². The number of hydrogen-bond donors (Lipinski definition) is 2. The van der Waals surface area contributed by atoms with Crippen molar-refractivity contribution in [1.29, 1.82) is 0 Å². The largest absolute Gasteiger partial charge is 0.494 e. The Labute approximate surface area is 118 Å². The quantitative estimate of drug-likeness (QED) is 0.700. The van der Waals surface area contributed by atoms with Crippen LogP contribution in [-0.4, -0.2) is 46.7 Å². The van der Waals surface area contributed by atoms with Crippen LogP contribution in [0.15, 0.2) is 18.2 Å². The molecule has 1 aromatic carbocycles. The van der Waals surface area contributed by atoms with Gasteiger partial charge in [0.2, 0.25) is 5.91 Å². The molecule has 0 bridgehead atoms. The van der Waals surface area contributed by atoms with Crippen molar-refractivity contribution >= 4 is 27.1 Å². The first-order valence-corrected chi connectivity index (χ1v) is 7.63. The molecule has 1 rings (SSSR count). The molecule has 8 heteroatoms. The predicted octanol–water partition coefficient (Wildman–Crippen LogP) is 0.277. The van der Waals surface area contributed by atoms with Gasteiger partial charge in [-0.1, -0.05) is 0 Å². The minimum Gasteiger partial charge on any atom is -0.494 e. The van der Waals surface area contributed by atoms with Crippen LogP contribution < -0.4 is 15.8 Å². The number of nitrogens with two attached hydrogens (primary N) is 1. The molecule has 0 atom stereocenters. The second-order valence-corrected chi connectivity index (χ2v) is 6.28. The van der Waals surface area contributed by atoms with Crippen LogP contribution >= 0.6 is 0 Å². The molecule has 0 fully saturated rings. The molecular weight excluding hydrogens is 284 g/mol. The maximum absolute atomic E-state index is 11.7. The Kier molecular flexibility index (Phi) is 5.78. The molecule has 0 aliphatic heterocycles. The average Bonchev–Trinajstić information content (AvgIpc) is 2.37. The van der Waals surface area contributed by atoms with E-state index in [2.05, 4.69) is 10.1 Å². The molecular formula is C12H18N2O5S. The minimum atomic E-state index is -3.49. The van der Waals surface area contributed by atoms with Crippen molar-refractivity contribution in [2.24, 2.45) is 0 Å². The normalized spacial score (nSPS) is 11.1. The van der Waals surface area contributed by atoms with Crippen molar-refractivity contribution < 1.29 is 22.7 Å². The van der Waals surface area contributed by atoms with Crippen molar-refractivity contribution in [3.63, 3.8) is 0 Å². The Bertz CT molecular complexity index is 571. The molecule has 0 radical (unpaired) electrons. The van der Waals surface area contributed by atoms with E-state index in [9.17, 15) is 13.2 Å². The third-order valence-electron chi connectivity index (χ3n) is 2.45. The maximum atomic E-state index is 11.7. The summed E-state index contributed by atoms with van der Waals surface area (Å²) in [4.78, 5) is 11.7. The summed E-state index contributed by atoms with van der Waals surface area (Å²) in [6.07, 6.45) is 0. The Morgan fingerprint density at radius 2 is 2.05 bits per heavy atom. The van der Waals surface area contributed by atoms with E-state index in [-0.39, 0.29) is 12.4 Å². The van der Waals surface area contributed by atoms with Gasteiger partial charge in [0.25, 0.3) is 0 Å². The second kappa shape index (κ2) is 7.11. The van der Waals surface area contributed by atoms with Gasteiger partial charge in [0.15, 0.2) is 9.84 Å². The summed E-state index contributed by atoms with van der Waals surface area (Å²) in [5.74, 6) is -1.07. The summed E-state index contributed by atoms with van der Waals surface area (Å²) in [7, 11) is -0.665. The standard InChI is InChI=1S/C12H18N2O5S/c1-18-5-6-20(16,17)8-12(15)14-10-4-3-9(13)7-11(10)19-2/h3-4,7H,5-6,8,13H2,1-2H3,(H,14,15). The number of carbonyl (C=O) groups is 1. The topological polar surface area (TPSA) is 108 Å². The lowest BCUT2D eigenvalue weighted by molar-refractivity contribution is -0.113. The fourth-order valence-electron chi connectivity index (χ4n) is 1.48. The number of anilines is 2. The van der Waals surface area contributed by atoms with Crippen molar-refractivity contribution in [2.75, 3.05) is 43.4 Å². The highest BCUT2D eigenvalue weighted by Gasteiger charge is 2.17. The lowest BCUT2D eigenvalue weighted by Gasteiger charge is -2.11. The van der Waals surface area contributed by atoms with Gasteiger partial charge in [-0.05, 0) is 12.1 Å². The zero-order valence-corrected chi connectivity index (χ0v) is 12.2. The van der Waals surface area contributed by atoms with Gasteiger partial charge in [-0.3, -0.25) is 4.79 Å². The van der Waals surface area contributed by atoms with Gasteiger partial charge in [-0.25, -0.2) is 8.42 Å². The van der Waals surface area contributed by atoms with E-state index in [1.165, 1.54) is 20.3 Å². The average molecular weight is 302 g/mol. The number of methoxy groups -OCH3 is 2. The van der Waals surface area contributed by atoms with Gasteiger partial charge >= 0.3 is 0 Å². The molecule has 7 nitrogen and oxygen atoms in total. The summed E-state index contributed by atoms with van der Waals surface area (Å²) < 4.78 is 33.0. The van der Waals surface area contributed by atoms with E-state index < -0.39 is 21.5 Å². The number of nitrogen functional groups attached to an aromatic ring is 1. The molecule has 0 unspecified atom stereocenters. The molecule has 20 heavy (non-hydrogen) atoms. The molecule has 0 spiro atoms. The highest BCUT2D eigenvalue weighted by atomic mass is 32.2. The Hall–Kier alpha value is -1.80. The molecule has 112 valence electrons. The lowest BCUT2D eigenvalue weighted by atomic mass is 10.2. The van der Waals surface area contributed by atoms with E-state index in [4.69, 9.17) is 10.5 Å². The van der Waals surface area contributed by atoms with Crippen LogP contribution in [0.2, 0.25) is 0 Å². The summed E-state index contributed by atoms with van der Waals surface area (Å²) in [5, 5.41) is 2.48. The van der Waals surface area contributed by atoms with E-state index in [1.54, 1.807) is 12.1 Å². The lowest BCUT2D eigenvalue weighted by Crippen LogP contribution is -2.26. The van der Waals surface area contributed by atoms with Crippen LogP contribution in [0.3, 0.4) is 0 Å². The number of amides is 1. The third-order valence-corrected chi connectivity index (χ3v) is 3.94. The van der Waals surface area contributed by atoms with Crippen molar-refractivity contribution in [3.8, 4) is 5.75 Å². The van der Waals surface area contributed by atoms with Crippen LogP contribution in [0, 0.1) is 0 Å². The molecule has 0 heterocycles. The van der Waals surface area contributed by atoms with Gasteiger partial charge in [0.1, 0.15) is 11.5 Å². The molecule has 0 saturated carbocycles. The Morgan fingerprint density at radius 3 is 2.65 bits per heavy atom. The summed E-state index contributed by atoms with van der Waals surface area (Å²) in [6, 6.07) is 4.67. The number of nitrogens with one attached hydrogen (secondary N) is 1. The molecule has 0 saturated heterocycles. The van der Waals surface area contributed by atoms with Crippen LogP contribution in [-0.2, 0) is 19.4 Å². The zero-order valence-electron chi connectivity index (χ0n) is 11.4. The van der Waals surface area contributed by atoms with Gasteiger partial charge in [0.05, 0.1) is 25.2 Å². The van der Waals surface area contributed by atoms with Crippen LogP contribution in [0.5, 0.6) is 5.75 Å². The monoisotopic (exact) mass is 302 g/mol. The minimum absolute atomic E-state index is 0.0564. The summed E-state index contributed by atoms with van der Waals surface area (Å²) in [5.41, 5.74) is 6.44. The van der Waals surface area contributed by atoms with Crippen LogP contribution in [0.4, 0.5) is 11.4 Å². The smallest absolute Gasteiger partial charge is 0.239 e. The molecule has 3 N–H and O–H groups in total. The van der Waals surface area contributed by atoms with Gasteiger partial charge < -0.3 is 20.5 Å². The molecule has 0 aliphatic rings. The second-order valence-electron chi connectivity index (χ2n) is 4.09. The van der Waals surface area contributed by atoms with Crippen LogP contribution in [0.25, 0.3) is 0 Å². The van der Waals surface area contributed by atoms with E-state index in [0.29, 0.717) is 17.1 Å². The zero-order chi connectivity index (χ0) is 15.2. The first kappa shape index (κ1) is 16.3. The number of carbonyl (C=O) groups excluding carboxylic acids is 1. The van der Waals surface area contributed by atoms with Gasteiger partial charge in [0, 0.05) is 18.9 Å². The molecule has 0 aliphatic carbocycles. The van der Waals surface area contributed by atoms with Crippen molar-refractivity contribution in [1.82, 2.24) is 0 Å². The van der Waals surface area contributed by atoms with Gasteiger partial charge in [-0.15, -0.1) is 0 Å². The first-order chi connectivity index (χ1) is 9.38. The Morgan fingerprint density at radius 1 is 1.35 bits per heavy atom. The van der Waals surface area contributed by atoms with Gasteiger partial charge in [-0.2, -0.15) is 0 Å². The number of benzene rings is 1. The fraction of sp³-hybridized carbons (Fsp3) is 0.417. The van der Waals surface area contributed by atoms with E-state index >= 15 is 0 Å². The summed E-state index contributed by atoms with van der Waals surface area (Å²) >= 11 is 0. The molecule has 0 aromatic heterocycles. The fourth-order valence-corrected chi connectivity index (χ4v) is 2.52. The SMILES string of the molecule is COCCS(=O)(=O)CC(=O)Nc1ccc(N)cc1OC.